The zero-order valence-corrected chi connectivity index (χ0v) is 24.1. The fourth-order valence-electron chi connectivity index (χ4n) is 4.32. The van der Waals surface area contributed by atoms with E-state index in [0.717, 1.165) is 35.2 Å². The molecule has 0 unspecified atom stereocenters. The Hall–Kier alpha value is -3.13. The number of halogens is 1. The number of thiophene rings is 1. The van der Waals surface area contributed by atoms with Crippen molar-refractivity contribution in [1.82, 2.24) is 0 Å². The summed E-state index contributed by atoms with van der Waals surface area (Å²) in [5.41, 5.74) is 7.45. The van der Waals surface area contributed by atoms with Crippen molar-refractivity contribution < 1.29 is 9.53 Å². The maximum Gasteiger partial charge on any atom is 0.225 e. The number of hydrogen-bond donors (Lipinski definition) is 1. The van der Waals surface area contributed by atoms with Crippen LogP contribution < -0.4 is 5.32 Å². The van der Waals surface area contributed by atoms with Crippen molar-refractivity contribution in [2.45, 2.75) is 46.6 Å². The minimum atomic E-state index is -0.0745. The third-order valence-electron chi connectivity index (χ3n) is 6.49. The van der Waals surface area contributed by atoms with Crippen LogP contribution in [0.25, 0.3) is 5.57 Å². The van der Waals surface area contributed by atoms with Crippen LogP contribution in [0.3, 0.4) is 0 Å². The first-order valence-corrected chi connectivity index (χ1v) is 14.1. The molecule has 1 aliphatic heterocycles. The van der Waals surface area contributed by atoms with Crippen LogP contribution in [0.2, 0.25) is 5.02 Å². The van der Waals surface area contributed by atoms with E-state index in [1.165, 1.54) is 21.6 Å². The maximum atomic E-state index is 12.9. The van der Waals surface area contributed by atoms with Gasteiger partial charge in [-0.25, -0.2) is 0 Å². The van der Waals surface area contributed by atoms with Crippen molar-refractivity contribution in [3.05, 3.63) is 91.6 Å². The summed E-state index contributed by atoms with van der Waals surface area (Å²) in [4.78, 5) is 14.2. The molecule has 2 heterocycles. The molecule has 196 valence electrons. The van der Waals surface area contributed by atoms with Gasteiger partial charge in [0.1, 0.15) is 6.61 Å². The third kappa shape index (κ3) is 7.04. The van der Waals surface area contributed by atoms with Crippen LogP contribution in [0.15, 0.2) is 64.1 Å². The number of carbonyl (C=O) groups excluding carboxylic acids is 1. The normalized spacial score (nSPS) is 14.2. The second kappa shape index (κ2) is 13.1. The number of anilines is 1. The van der Waals surface area contributed by atoms with E-state index in [-0.39, 0.29) is 11.8 Å². The number of hydrogen-bond acceptors (Lipinski definition) is 6. The SMILES string of the molecule is C/C=N/N=C/[C@@H](CC/C=C(/c1ccc(Cl)cc1)c1csc(C)c1C)CC(=O)Nc1ccc2c(c1)COC2=S. The topological polar surface area (TPSA) is 63.0 Å². The van der Waals surface area contributed by atoms with Gasteiger partial charge in [-0.15, -0.1) is 11.3 Å². The van der Waals surface area contributed by atoms with E-state index in [1.54, 1.807) is 23.8 Å². The molecule has 0 spiro atoms. The van der Waals surface area contributed by atoms with Crippen LogP contribution in [0.1, 0.15) is 58.9 Å². The lowest BCUT2D eigenvalue weighted by atomic mass is 9.93. The summed E-state index contributed by atoms with van der Waals surface area (Å²) in [5.74, 6) is -0.147. The molecule has 0 fully saturated rings. The minimum absolute atomic E-state index is 0.0722. The lowest BCUT2D eigenvalue weighted by molar-refractivity contribution is -0.116. The molecule has 0 saturated heterocycles. The first kappa shape index (κ1) is 27.9. The van der Waals surface area contributed by atoms with E-state index < -0.39 is 0 Å². The van der Waals surface area contributed by atoms with Gasteiger partial charge in [0.25, 0.3) is 0 Å². The number of amides is 1. The highest BCUT2D eigenvalue weighted by molar-refractivity contribution is 7.80. The molecule has 3 aromatic rings. The van der Waals surface area contributed by atoms with Crippen molar-refractivity contribution in [2.75, 3.05) is 5.32 Å². The molecule has 38 heavy (non-hydrogen) atoms. The molecule has 1 N–H and O–H groups in total. The van der Waals surface area contributed by atoms with Crippen LogP contribution in [-0.2, 0) is 16.1 Å². The number of aryl methyl sites for hydroxylation is 1. The highest BCUT2D eigenvalue weighted by Gasteiger charge is 2.19. The Bertz CT molecular complexity index is 1410. The summed E-state index contributed by atoms with van der Waals surface area (Å²) in [5, 5.41) is 14.6. The van der Waals surface area contributed by atoms with Gasteiger partial charge in [0.2, 0.25) is 5.91 Å². The van der Waals surface area contributed by atoms with Crippen LogP contribution in [0.4, 0.5) is 5.69 Å². The van der Waals surface area contributed by atoms with Crippen molar-refractivity contribution >= 4 is 69.8 Å². The molecule has 5 nitrogen and oxygen atoms in total. The number of fused-ring (bicyclic) bond motifs is 1. The molecule has 0 saturated carbocycles. The number of ether oxygens (including phenoxy) is 1. The molecule has 1 amide bonds. The van der Waals surface area contributed by atoms with E-state index >= 15 is 0 Å². The average Bonchev–Trinajstić information content (AvgIpc) is 3.43. The second-order valence-electron chi connectivity index (χ2n) is 9.13. The summed E-state index contributed by atoms with van der Waals surface area (Å²) in [6, 6.07) is 13.6. The lowest BCUT2D eigenvalue weighted by Crippen LogP contribution is -2.17. The van der Waals surface area contributed by atoms with Gasteiger partial charge in [-0.3, -0.25) is 4.79 Å². The molecule has 0 radical (unpaired) electrons. The Labute approximate surface area is 238 Å². The number of rotatable bonds is 10. The van der Waals surface area contributed by atoms with Gasteiger partial charge < -0.3 is 10.1 Å². The van der Waals surface area contributed by atoms with Crippen molar-refractivity contribution in [3.8, 4) is 0 Å². The summed E-state index contributed by atoms with van der Waals surface area (Å²) in [6.07, 6.45) is 7.48. The predicted octanol–water partition coefficient (Wildman–Crippen LogP) is 8.16. The van der Waals surface area contributed by atoms with E-state index in [4.69, 9.17) is 28.6 Å². The average molecular weight is 564 g/mol. The van der Waals surface area contributed by atoms with Gasteiger partial charge >= 0.3 is 0 Å². The monoisotopic (exact) mass is 563 g/mol. The Morgan fingerprint density at radius 3 is 2.71 bits per heavy atom. The molecule has 1 atom stereocenters. The Kier molecular flexibility index (Phi) is 9.61. The number of benzene rings is 2. The first-order chi connectivity index (χ1) is 18.4. The Morgan fingerprint density at radius 1 is 1.21 bits per heavy atom. The Morgan fingerprint density at radius 2 is 2.00 bits per heavy atom. The maximum absolute atomic E-state index is 12.9. The van der Waals surface area contributed by atoms with E-state index in [0.29, 0.717) is 23.1 Å². The molecular weight excluding hydrogens is 534 g/mol. The number of nitrogens with zero attached hydrogens (tertiary/aromatic N) is 2. The highest BCUT2D eigenvalue weighted by Crippen LogP contribution is 2.33. The second-order valence-corrected chi connectivity index (χ2v) is 11.0. The molecule has 8 heteroatoms. The van der Waals surface area contributed by atoms with Crippen molar-refractivity contribution in [1.29, 1.82) is 0 Å². The third-order valence-corrected chi connectivity index (χ3v) is 8.09. The van der Waals surface area contributed by atoms with Gasteiger partial charge in [-0.05, 0) is 104 Å². The molecule has 1 aliphatic rings. The van der Waals surface area contributed by atoms with Gasteiger partial charge in [-0.1, -0.05) is 29.8 Å². The summed E-state index contributed by atoms with van der Waals surface area (Å²) in [6.45, 7) is 6.55. The molecule has 4 rings (SSSR count). The van der Waals surface area contributed by atoms with Gasteiger partial charge in [0.15, 0.2) is 5.05 Å². The first-order valence-electron chi connectivity index (χ1n) is 12.5. The van der Waals surface area contributed by atoms with Gasteiger partial charge in [0.05, 0.1) is 0 Å². The minimum Gasteiger partial charge on any atom is -0.478 e. The van der Waals surface area contributed by atoms with Crippen molar-refractivity contribution in [3.63, 3.8) is 0 Å². The quantitative estimate of drug-likeness (QED) is 0.154. The lowest BCUT2D eigenvalue weighted by Gasteiger charge is -2.13. The fourth-order valence-corrected chi connectivity index (χ4v) is 5.59. The summed E-state index contributed by atoms with van der Waals surface area (Å²) < 4.78 is 5.42. The number of carbonyl (C=O) groups is 1. The molecular formula is C30H30ClN3O2S2. The van der Waals surface area contributed by atoms with E-state index in [2.05, 4.69) is 53.0 Å². The van der Waals surface area contributed by atoms with Crippen LogP contribution in [-0.4, -0.2) is 23.4 Å². The van der Waals surface area contributed by atoms with Crippen molar-refractivity contribution in [2.24, 2.45) is 16.1 Å². The zero-order valence-electron chi connectivity index (χ0n) is 21.7. The number of allylic oxidation sites excluding steroid dienone is 1. The predicted molar refractivity (Wildman–Crippen MR) is 164 cm³/mol. The fraction of sp³-hybridized carbons (Fsp3) is 0.267. The standard InChI is InChI=1S/C30H30ClN3O2S2/c1-4-32-33-16-21(14-29(35)34-25-12-13-27-23(15-25)17-36-30(27)37)6-5-7-26(22-8-10-24(31)11-9-22)28-18-38-20(3)19(28)2/h4,7-13,15-16,18,21H,5-6,14,17H2,1-3H3,(H,34,35)/b26-7-,32-4+,33-16+/t21-/m0/s1. The number of nitrogens with one attached hydrogen (secondary N) is 1. The molecule has 0 aliphatic carbocycles. The van der Waals surface area contributed by atoms with Gasteiger partial charge in [-0.2, -0.15) is 10.2 Å². The van der Waals surface area contributed by atoms with Crippen LogP contribution in [0, 0.1) is 19.8 Å². The molecule has 0 bridgehead atoms. The highest BCUT2D eigenvalue weighted by atomic mass is 35.5. The van der Waals surface area contributed by atoms with E-state index in [1.807, 2.05) is 37.3 Å². The van der Waals surface area contributed by atoms with Crippen LogP contribution in [0.5, 0.6) is 0 Å². The van der Waals surface area contributed by atoms with E-state index in [9.17, 15) is 4.79 Å². The summed E-state index contributed by atoms with van der Waals surface area (Å²) >= 11 is 13.1. The number of thiocarbonyl (C=S) groups is 1. The Balaban J connectivity index is 1.48. The van der Waals surface area contributed by atoms with Crippen LogP contribution >= 0.6 is 35.2 Å². The smallest absolute Gasteiger partial charge is 0.225 e. The summed E-state index contributed by atoms with van der Waals surface area (Å²) in [7, 11) is 0. The molecule has 2 aromatic carbocycles. The van der Waals surface area contributed by atoms with Gasteiger partial charge in [0, 0.05) is 51.5 Å². The molecule has 1 aromatic heterocycles. The largest absolute Gasteiger partial charge is 0.478 e. The zero-order chi connectivity index (χ0) is 27.1.